The molecule has 2 heterocycles. The van der Waals surface area contributed by atoms with E-state index in [-0.39, 0.29) is 17.7 Å². The Labute approximate surface area is 127 Å². The summed E-state index contributed by atoms with van der Waals surface area (Å²) in [7, 11) is 0. The van der Waals surface area contributed by atoms with Gasteiger partial charge < -0.3 is 10.0 Å². The number of hydrogen-bond acceptors (Lipinski definition) is 3. The fourth-order valence-corrected chi connectivity index (χ4v) is 3.53. The smallest absolute Gasteiger partial charge is 0.254 e. The van der Waals surface area contributed by atoms with E-state index in [2.05, 4.69) is 27.8 Å². The van der Waals surface area contributed by atoms with Crippen molar-refractivity contribution in [2.45, 2.75) is 31.8 Å². The first-order valence-electron chi connectivity index (χ1n) is 7.10. The van der Waals surface area contributed by atoms with E-state index in [1.165, 1.54) is 12.8 Å². The molecule has 2 atom stereocenters. The van der Waals surface area contributed by atoms with Crippen molar-refractivity contribution < 1.29 is 9.90 Å². The summed E-state index contributed by atoms with van der Waals surface area (Å²) in [5, 5.41) is 9.74. The Balaban J connectivity index is 1.80. The monoisotopic (exact) mass is 338 g/mol. The van der Waals surface area contributed by atoms with Crippen LogP contribution in [0.2, 0.25) is 0 Å². The highest BCUT2D eigenvalue weighted by Gasteiger charge is 2.36. The molecule has 0 radical (unpaired) electrons. The molecular weight excluding hydrogens is 320 g/mol. The lowest BCUT2D eigenvalue weighted by Crippen LogP contribution is -2.56. The number of phenolic OH excluding ortho intramolecular Hbond substituents is 1. The molecule has 1 aromatic carbocycles. The van der Waals surface area contributed by atoms with Gasteiger partial charge >= 0.3 is 0 Å². The SMILES string of the molecule is CC1CN2CCCC2CN1C(=O)c1ccc(Br)c(O)c1. The molecule has 0 aromatic heterocycles. The fourth-order valence-electron chi connectivity index (χ4n) is 3.28. The van der Waals surface area contributed by atoms with Gasteiger partial charge in [-0.05, 0) is 60.4 Å². The fraction of sp³-hybridized carbons (Fsp3) is 0.533. The molecule has 4 nitrogen and oxygen atoms in total. The van der Waals surface area contributed by atoms with Crippen molar-refractivity contribution in [2.75, 3.05) is 19.6 Å². The summed E-state index contributed by atoms with van der Waals surface area (Å²) in [5.41, 5.74) is 0.559. The molecule has 0 bridgehead atoms. The van der Waals surface area contributed by atoms with Crippen molar-refractivity contribution in [2.24, 2.45) is 0 Å². The minimum atomic E-state index is 0.0202. The topological polar surface area (TPSA) is 43.8 Å². The van der Waals surface area contributed by atoms with Gasteiger partial charge in [0.2, 0.25) is 0 Å². The van der Waals surface area contributed by atoms with Gasteiger partial charge in [-0.2, -0.15) is 0 Å². The zero-order valence-corrected chi connectivity index (χ0v) is 13.1. The molecule has 1 aromatic rings. The molecule has 2 aliphatic rings. The largest absolute Gasteiger partial charge is 0.507 e. The van der Waals surface area contributed by atoms with Crippen LogP contribution in [0.15, 0.2) is 22.7 Å². The van der Waals surface area contributed by atoms with Crippen LogP contribution in [0.5, 0.6) is 5.75 Å². The van der Waals surface area contributed by atoms with Crippen molar-refractivity contribution >= 4 is 21.8 Å². The zero-order chi connectivity index (χ0) is 14.3. The van der Waals surface area contributed by atoms with Gasteiger partial charge in [0.05, 0.1) is 4.47 Å². The molecular formula is C15H19BrN2O2. The molecule has 2 fully saturated rings. The molecule has 3 rings (SSSR count). The third-order valence-corrected chi connectivity index (χ3v) is 5.06. The number of rotatable bonds is 1. The van der Waals surface area contributed by atoms with Gasteiger partial charge in [-0.25, -0.2) is 0 Å². The number of carbonyl (C=O) groups is 1. The normalized spacial score (nSPS) is 26.6. The average molecular weight is 339 g/mol. The van der Waals surface area contributed by atoms with Crippen molar-refractivity contribution in [3.63, 3.8) is 0 Å². The van der Waals surface area contributed by atoms with E-state index in [1.807, 2.05) is 4.90 Å². The Morgan fingerprint density at radius 1 is 1.40 bits per heavy atom. The van der Waals surface area contributed by atoms with Crippen LogP contribution in [-0.4, -0.2) is 52.5 Å². The highest BCUT2D eigenvalue weighted by molar-refractivity contribution is 9.10. The second-order valence-electron chi connectivity index (χ2n) is 5.76. The number of hydrogen-bond donors (Lipinski definition) is 1. The van der Waals surface area contributed by atoms with Crippen molar-refractivity contribution in [3.8, 4) is 5.75 Å². The second kappa shape index (κ2) is 5.37. The minimum absolute atomic E-state index is 0.0202. The molecule has 2 aliphatic heterocycles. The van der Waals surface area contributed by atoms with Gasteiger partial charge in [-0.1, -0.05) is 0 Å². The number of carbonyl (C=O) groups excluding carboxylic acids is 1. The van der Waals surface area contributed by atoms with Crippen LogP contribution in [0.1, 0.15) is 30.1 Å². The summed E-state index contributed by atoms with van der Waals surface area (Å²) in [6.07, 6.45) is 2.42. The van der Waals surface area contributed by atoms with Crippen molar-refractivity contribution in [3.05, 3.63) is 28.2 Å². The Bertz CT molecular complexity index is 535. The van der Waals surface area contributed by atoms with E-state index in [0.29, 0.717) is 16.1 Å². The first-order valence-corrected chi connectivity index (χ1v) is 7.89. The first-order chi connectivity index (χ1) is 9.56. The predicted octanol–water partition coefficient (Wildman–Crippen LogP) is 2.46. The number of piperazine rings is 1. The summed E-state index contributed by atoms with van der Waals surface area (Å²) in [5.74, 6) is 0.134. The summed E-state index contributed by atoms with van der Waals surface area (Å²) in [6.45, 7) is 5.02. The molecule has 0 spiro atoms. The zero-order valence-electron chi connectivity index (χ0n) is 11.6. The number of amides is 1. The van der Waals surface area contributed by atoms with Gasteiger partial charge in [-0.15, -0.1) is 0 Å². The van der Waals surface area contributed by atoms with E-state index in [4.69, 9.17) is 0 Å². The number of aromatic hydroxyl groups is 1. The molecule has 0 aliphatic carbocycles. The second-order valence-corrected chi connectivity index (χ2v) is 6.62. The van der Waals surface area contributed by atoms with Crippen LogP contribution in [-0.2, 0) is 0 Å². The minimum Gasteiger partial charge on any atom is -0.507 e. The maximum Gasteiger partial charge on any atom is 0.254 e. The molecule has 2 saturated heterocycles. The van der Waals surface area contributed by atoms with Gasteiger partial charge in [0.15, 0.2) is 0 Å². The highest BCUT2D eigenvalue weighted by Crippen LogP contribution is 2.28. The number of phenols is 1. The number of fused-ring (bicyclic) bond motifs is 1. The van der Waals surface area contributed by atoms with Crippen LogP contribution >= 0.6 is 15.9 Å². The van der Waals surface area contributed by atoms with Crippen LogP contribution in [0, 0.1) is 0 Å². The van der Waals surface area contributed by atoms with Crippen LogP contribution in [0.3, 0.4) is 0 Å². The van der Waals surface area contributed by atoms with Crippen LogP contribution in [0.25, 0.3) is 0 Å². The molecule has 1 amide bonds. The first kappa shape index (κ1) is 13.9. The summed E-state index contributed by atoms with van der Waals surface area (Å²) in [4.78, 5) is 17.1. The molecule has 0 saturated carbocycles. The third-order valence-electron chi connectivity index (χ3n) is 4.39. The quantitative estimate of drug-likeness (QED) is 0.855. The van der Waals surface area contributed by atoms with Gasteiger partial charge in [0.1, 0.15) is 5.75 Å². The van der Waals surface area contributed by atoms with Gasteiger partial charge in [-0.3, -0.25) is 9.69 Å². The Kier molecular flexibility index (Phi) is 3.73. The third kappa shape index (κ3) is 2.44. The van der Waals surface area contributed by atoms with Gasteiger partial charge in [0.25, 0.3) is 5.91 Å². The Hall–Kier alpha value is -1.07. The lowest BCUT2D eigenvalue weighted by molar-refractivity contribution is 0.0395. The van der Waals surface area contributed by atoms with Crippen LogP contribution < -0.4 is 0 Å². The number of benzene rings is 1. The van der Waals surface area contributed by atoms with E-state index in [1.54, 1.807) is 18.2 Å². The molecule has 5 heteroatoms. The molecule has 20 heavy (non-hydrogen) atoms. The number of halogens is 1. The summed E-state index contributed by atoms with van der Waals surface area (Å²) in [6, 6.07) is 5.76. The average Bonchev–Trinajstić information content (AvgIpc) is 2.87. The van der Waals surface area contributed by atoms with Crippen LogP contribution in [0.4, 0.5) is 0 Å². The summed E-state index contributed by atoms with van der Waals surface area (Å²) >= 11 is 3.24. The Morgan fingerprint density at radius 3 is 2.95 bits per heavy atom. The van der Waals surface area contributed by atoms with E-state index in [9.17, 15) is 9.90 Å². The van der Waals surface area contributed by atoms with E-state index < -0.39 is 0 Å². The van der Waals surface area contributed by atoms with Gasteiger partial charge in [0, 0.05) is 30.7 Å². The molecule has 108 valence electrons. The van der Waals surface area contributed by atoms with Crippen molar-refractivity contribution in [1.82, 2.24) is 9.80 Å². The molecule has 2 unspecified atom stereocenters. The maximum atomic E-state index is 12.6. The molecule has 1 N–H and O–H groups in total. The lowest BCUT2D eigenvalue weighted by atomic mass is 10.1. The number of nitrogens with zero attached hydrogens (tertiary/aromatic N) is 2. The maximum absolute atomic E-state index is 12.6. The predicted molar refractivity (Wildman–Crippen MR) is 80.9 cm³/mol. The summed E-state index contributed by atoms with van der Waals surface area (Å²) < 4.78 is 0.614. The lowest BCUT2D eigenvalue weighted by Gasteiger charge is -2.42. The van der Waals surface area contributed by atoms with E-state index >= 15 is 0 Å². The van der Waals surface area contributed by atoms with E-state index in [0.717, 1.165) is 19.6 Å². The van der Waals surface area contributed by atoms with Crippen molar-refractivity contribution in [1.29, 1.82) is 0 Å². The Morgan fingerprint density at radius 2 is 2.20 bits per heavy atom. The standard InChI is InChI=1S/C15H19BrN2O2/c1-10-8-17-6-2-3-12(17)9-18(10)15(20)11-4-5-13(16)14(19)7-11/h4-5,7,10,12,19H,2-3,6,8-9H2,1H3. The highest BCUT2D eigenvalue weighted by atomic mass is 79.9.